The normalized spacial score (nSPS) is 12.7. The summed E-state index contributed by atoms with van der Waals surface area (Å²) in [6, 6.07) is 0. The van der Waals surface area contributed by atoms with E-state index in [9.17, 15) is 0 Å². The van der Waals surface area contributed by atoms with Gasteiger partial charge in [0.1, 0.15) is 5.76 Å². The van der Waals surface area contributed by atoms with E-state index in [1.165, 1.54) is 0 Å². The molecule has 0 heterocycles. The average molecular weight is 293 g/mol. The molecule has 1 rings (SSSR count). The van der Waals surface area contributed by atoms with E-state index >= 15 is 0 Å². The second kappa shape index (κ2) is 7.31. The summed E-state index contributed by atoms with van der Waals surface area (Å²) in [4.78, 5) is 0. The summed E-state index contributed by atoms with van der Waals surface area (Å²) >= 11 is 0. The molecule has 3 heteroatoms. The van der Waals surface area contributed by atoms with Crippen molar-refractivity contribution in [3.05, 3.63) is 36.1 Å². The van der Waals surface area contributed by atoms with E-state index < -0.39 is 0 Å². The van der Waals surface area contributed by atoms with Crippen molar-refractivity contribution in [1.82, 2.24) is 0 Å². The molecule has 0 atom stereocenters. The van der Waals surface area contributed by atoms with Crippen LogP contribution in [-0.2, 0) is 25.2 Å². The second-order valence-corrected chi connectivity index (χ2v) is 1.44. The molecular weight excluding hydrogens is 286 g/mol. The Balaban J connectivity index is 0. The number of rotatable bonds is 1. The molecule has 0 N–H and O–H groups in total. The minimum atomic E-state index is 0. The van der Waals surface area contributed by atoms with Gasteiger partial charge in [-0.25, -0.2) is 0 Å². The third-order valence-electron chi connectivity index (χ3n) is 0.923. The molecule has 0 fully saturated rings. The predicted molar refractivity (Wildman–Crippen MR) is 32.0 cm³/mol. The van der Waals surface area contributed by atoms with Crippen LogP contribution in [0.5, 0.6) is 0 Å². The number of ether oxygens (including phenoxy) is 1. The Morgan fingerprint density at radius 2 is 2.10 bits per heavy atom. The van der Waals surface area contributed by atoms with Gasteiger partial charge in [0.05, 0.1) is 13.5 Å². The Hall–Kier alpha value is 0.202. The maximum Gasteiger partial charge on any atom is 0.105 e. The first kappa shape index (κ1) is 12.8. The molecule has 0 saturated heterocycles. The molecule has 0 aromatic heterocycles. The van der Waals surface area contributed by atoms with Crippen LogP contribution < -0.4 is 17.0 Å². The Morgan fingerprint density at radius 1 is 1.40 bits per heavy atom. The minimum absolute atomic E-state index is 0. The van der Waals surface area contributed by atoms with Crippen LogP contribution >= 0.6 is 0 Å². The van der Waals surface area contributed by atoms with Gasteiger partial charge in [0.25, 0.3) is 0 Å². The van der Waals surface area contributed by atoms with Gasteiger partial charge >= 0.3 is 0 Å². The summed E-state index contributed by atoms with van der Waals surface area (Å²) in [6.45, 7) is 0. The number of hydrogen-bond donors (Lipinski definition) is 0. The van der Waals surface area contributed by atoms with Crippen LogP contribution in [-0.4, -0.2) is 7.11 Å². The van der Waals surface area contributed by atoms with Crippen LogP contribution in [0.15, 0.2) is 29.7 Å². The average Bonchev–Trinajstić information content (AvgIpc) is 1.90. The van der Waals surface area contributed by atoms with E-state index in [1.54, 1.807) is 7.11 Å². The van der Waals surface area contributed by atoms with E-state index in [0.717, 1.165) is 5.76 Å². The first-order valence-electron chi connectivity index (χ1n) is 2.43. The quantitative estimate of drug-likeness (QED) is 0.420. The standard InChI is InChI=1S/C7H7O.BrH.Pd/c1-8-7-5-3-2-4-6-7;;/h3-6H,1H3;1H;/p-1. The fourth-order valence-electron chi connectivity index (χ4n) is 0.508. The van der Waals surface area contributed by atoms with Crippen LogP contribution in [0, 0.1) is 6.42 Å². The molecule has 0 amide bonds. The van der Waals surface area contributed by atoms with Crippen molar-refractivity contribution < 1.29 is 42.1 Å². The second-order valence-electron chi connectivity index (χ2n) is 1.44. The van der Waals surface area contributed by atoms with Gasteiger partial charge in [0, 0.05) is 20.4 Å². The number of methoxy groups -OCH3 is 1. The van der Waals surface area contributed by atoms with Crippen LogP contribution in [0.1, 0.15) is 0 Å². The van der Waals surface area contributed by atoms with Gasteiger partial charge in [-0.15, -0.1) is 5.73 Å². The van der Waals surface area contributed by atoms with Crippen LogP contribution in [0.4, 0.5) is 0 Å². The van der Waals surface area contributed by atoms with Gasteiger partial charge in [-0.2, -0.15) is 0 Å². The van der Waals surface area contributed by atoms with E-state index in [-0.39, 0.29) is 37.4 Å². The van der Waals surface area contributed by atoms with Gasteiger partial charge in [0.2, 0.25) is 0 Å². The summed E-state index contributed by atoms with van der Waals surface area (Å²) in [7, 11) is 1.65. The Labute approximate surface area is 85.3 Å². The van der Waals surface area contributed by atoms with Crippen molar-refractivity contribution in [1.29, 1.82) is 0 Å². The SMILES string of the molecule is COC1=CC=C=C[CH]1.[Br-].[Pd]. The van der Waals surface area contributed by atoms with Crippen LogP contribution in [0.25, 0.3) is 0 Å². The fourth-order valence-corrected chi connectivity index (χ4v) is 0.508. The van der Waals surface area contributed by atoms with Crippen molar-refractivity contribution >= 4 is 0 Å². The molecule has 1 nitrogen and oxygen atoms in total. The van der Waals surface area contributed by atoms with Crippen molar-refractivity contribution in [3.63, 3.8) is 0 Å². The monoisotopic (exact) mass is 292 g/mol. The minimum Gasteiger partial charge on any atom is -1.00 e. The zero-order chi connectivity index (χ0) is 5.82. The molecule has 0 bridgehead atoms. The Kier molecular flexibility index (Phi) is 9.39. The zero-order valence-electron chi connectivity index (χ0n) is 5.41. The predicted octanol–water partition coefficient (Wildman–Crippen LogP) is -1.55. The summed E-state index contributed by atoms with van der Waals surface area (Å²) in [5, 5.41) is 0. The van der Waals surface area contributed by atoms with E-state index in [4.69, 9.17) is 4.74 Å². The first-order valence-corrected chi connectivity index (χ1v) is 2.43. The molecule has 0 aromatic rings. The van der Waals surface area contributed by atoms with E-state index in [0.29, 0.717) is 0 Å². The van der Waals surface area contributed by atoms with Gasteiger partial charge < -0.3 is 21.7 Å². The first-order chi connectivity index (χ1) is 3.93. The molecule has 1 aliphatic rings. The van der Waals surface area contributed by atoms with Gasteiger partial charge in [-0.1, -0.05) is 0 Å². The van der Waals surface area contributed by atoms with Crippen LogP contribution in [0.3, 0.4) is 0 Å². The van der Waals surface area contributed by atoms with Crippen molar-refractivity contribution in [2.45, 2.75) is 0 Å². The summed E-state index contributed by atoms with van der Waals surface area (Å²) in [5.74, 6) is 0.878. The van der Waals surface area contributed by atoms with Gasteiger partial charge in [-0.05, 0) is 18.2 Å². The number of hydrogen-bond acceptors (Lipinski definition) is 1. The van der Waals surface area contributed by atoms with Gasteiger partial charge in [-0.3, -0.25) is 0 Å². The maximum absolute atomic E-state index is 4.89. The van der Waals surface area contributed by atoms with Crippen molar-refractivity contribution in [2.75, 3.05) is 7.11 Å². The Bertz CT molecular complexity index is 168. The molecule has 0 saturated carbocycles. The molecule has 1 aliphatic carbocycles. The fraction of sp³-hybridized carbons (Fsp3) is 0.143. The number of allylic oxidation sites excluding steroid dienone is 2. The molecule has 0 spiro atoms. The summed E-state index contributed by atoms with van der Waals surface area (Å²) in [5.41, 5.74) is 2.89. The molecule has 0 aromatic carbocycles. The van der Waals surface area contributed by atoms with Gasteiger partial charge in [0.15, 0.2) is 0 Å². The van der Waals surface area contributed by atoms with Crippen molar-refractivity contribution in [3.8, 4) is 0 Å². The van der Waals surface area contributed by atoms with Crippen molar-refractivity contribution in [2.24, 2.45) is 0 Å². The smallest absolute Gasteiger partial charge is 0.105 e. The summed E-state index contributed by atoms with van der Waals surface area (Å²) < 4.78 is 4.89. The topological polar surface area (TPSA) is 9.23 Å². The van der Waals surface area contributed by atoms with E-state index in [2.05, 4.69) is 5.73 Å². The molecule has 1 radical (unpaired) electrons. The maximum atomic E-state index is 4.89. The number of halogens is 1. The third-order valence-corrected chi connectivity index (χ3v) is 0.923. The zero-order valence-corrected chi connectivity index (χ0v) is 8.55. The Morgan fingerprint density at radius 3 is 2.40 bits per heavy atom. The molecular formula is C7H7BrOPd-. The largest absolute Gasteiger partial charge is 1.00 e. The molecule has 0 unspecified atom stereocenters. The van der Waals surface area contributed by atoms with E-state index in [1.807, 2.05) is 24.6 Å². The molecule has 59 valence electrons. The third kappa shape index (κ3) is 4.09. The molecule has 10 heavy (non-hydrogen) atoms. The summed E-state index contributed by atoms with van der Waals surface area (Å²) in [6.07, 6.45) is 7.36. The van der Waals surface area contributed by atoms with Crippen LogP contribution in [0.2, 0.25) is 0 Å². The molecule has 0 aliphatic heterocycles.